The van der Waals surface area contributed by atoms with Crippen LogP contribution in [-0.2, 0) is 0 Å². The number of hydrogen-bond donors (Lipinski definition) is 0. The number of hydrogen-bond acceptors (Lipinski definition) is 3. The number of fused-ring (bicyclic) bond motifs is 3. The Kier molecular flexibility index (Phi) is 3.11. The minimum Gasteiger partial charge on any atom is -0.496 e. The van der Waals surface area contributed by atoms with Gasteiger partial charge in [-0.25, -0.2) is 0 Å². The summed E-state index contributed by atoms with van der Waals surface area (Å²) in [5, 5.41) is 4.27. The largest absolute Gasteiger partial charge is 0.496 e. The van der Waals surface area contributed by atoms with Crippen molar-refractivity contribution in [1.29, 1.82) is 0 Å². The Bertz CT molecular complexity index is 778. The van der Waals surface area contributed by atoms with Crippen LogP contribution in [0, 0.1) is 0 Å². The molecule has 0 spiro atoms. The third-order valence-corrected chi connectivity index (χ3v) is 3.55. The molecule has 3 nitrogen and oxygen atoms in total. The third-order valence-electron chi connectivity index (χ3n) is 3.55. The Morgan fingerprint density at radius 3 is 1.90 bits per heavy atom. The van der Waals surface area contributed by atoms with Crippen molar-refractivity contribution < 1.29 is 14.2 Å². The number of methoxy groups -OCH3 is 3. The quantitative estimate of drug-likeness (QED) is 0.671. The van der Waals surface area contributed by atoms with E-state index in [0.717, 1.165) is 38.8 Å². The first-order valence-corrected chi connectivity index (χ1v) is 6.40. The molecule has 0 bridgehead atoms. The van der Waals surface area contributed by atoms with Gasteiger partial charge in [0.1, 0.15) is 5.75 Å². The van der Waals surface area contributed by atoms with Gasteiger partial charge in [-0.1, -0.05) is 30.3 Å². The Morgan fingerprint density at radius 1 is 0.600 bits per heavy atom. The lowest BCUT2D eigenvalue weighted by atomic mass is 10.00. The summed E-state index contributed by atoms with van der Waals surface area (Å²) in [5.41, 5.74) is 0. The molecule has 3 aromatic rings. The second-order valence-electron chi connectivity index (χ2n) is 4.52. The summed E-state index contributed by atoms with van der Waals surface area (Å²) < 4.78 is 16.5. The molecule has 0 radical (unpaired) electrons. The minimum absolute atomic E-state index is 0.721. The number of rotatable bonds is 3. The van der Waals surface area contributed by atoms with E-state index in [1.165, 1.54) is 0 Å². The van der Waals surface area contributed by atoms with Gasteiger partial charge in [0.25, 0.3) is 0 Å². The van der Waals surface area contributed by atoms with Crippen LogP contribution < -0.4 is 14.2 Å². The van der Waals surface area contributed by atoms with Crippen LogP contribution in [0.2, 0.25) is 0 Å². The highest BCUT2D eigenvalue weighted by Gasteiger charge is 2.14. The van der Waals surface area contributed by atoms with Crippen LogP contribution in [0.3, 0.4) is 0 Å². The van der Waals surface area contributed by atoms with Crippen molar-refractivity contribution >= 4 is 21.5 Å². The molecule has 0 aromatic heterocycles. The van der Waals surface area contributed by atoms with E-state index in [9.17, 15) is 0 Å². The van der Waals surface area contributed by atoms with Gasteiger partial charge in [0, 0.05) is 10.8 Å². The van der Waals surface area contributed by atoms with Crippen LogP contribution >= 0.6 is 0 Å². The Morgan fingerprint density at radius 2 is 1.25 bits per heavy atom. The summed E-state index contributed by atoms with van der Waals surface area (Å²) in [6, 6.07) is 14.1. The highest BCUT2D eigenvalue weighted by Crippen LogP contribution is 2.42. The van der Waals surface area contributed by atoms with Crippen molar-refractivity contribution in [2.45, 2.75) is 0 Å². The minimum atomic E-state index is 0.721. The van der Waals surface area contributed by atoms with E-state index in [4.69, 9.17) is 14.2 Å². The first kappa shape index (κ1) is 12.6. The number of ether oxygens (including phenoxy) is 3. The van der Waals surface area contributed by atoms with Crippen LogP contribution in [-0.4, -0.2) is 21.3 Å². The van der Waals surface area contributed by atoms with E-state index in [-0.39, 0.29) is 0 Å². The smallest absolute Gasteiger partial charge is 0.169 e. The normalized spacial score (nSPS) is 10.8. The van der Waals surface area contributed by atoms with Crippen LogP contribution in [0.1, 0.15) is 0 Å². The average molecular weight is 268 g/mol. The molecule has 3 aromatic carbocycles. The Balaban J connectivity index is 2.56. The molecule has 0 saturated heterocycles. The monoisotopic (exact) mass is 268 g/mol. The third kappa shape index (κ3) is 1.74. The summed E-state index contributed by atoms with van der Waals surface area (Å²) in [6.07, 6.45) is 0. The highest BCUT2D eigenvalue weighted by atomic mass is 16.5. The average Bonchev–Trinajstić information content (AvgIpc) is 2.52. The molecule has 3 heteroatoms. The SMILES string of the molecule is COc1ccc2ccc3cccc(OC)c3c2c1OC. The zero-order valence-electron chi connectivity index (χ0n) is 11.8. The van der Waals surface area contributed by atoms with Gasteiger partial charge in [-0.2, -0.15) is 0 Å². The second kappa shape index (κ2) is 4.93. The predicted molar refractivity (Wildman–Crippen MR) is 81.1 cm³/mol. The summed E-state index contributed by atoms with van der Waals surface area (Å²) in [6.45, 7) is 0. The van der Waals surface area contributed by atoms with Crippen molar-refractivity contribution in [3.8, 4) is 17.2 Å². The molecule has 0 aliphatic rings. The molecule has 0 heterocycles. The fourth-order valence-corrected chi connectivity index (χ4v) is 2.64. The molecule has 0 aliphatic carbocycles. The van der Waals surface area contributed by atoms with Gasteiger partial charge in [0.2, 0.25) is 0 Å². The topological polar surface area (TPSA) is 27.7 Å². The van der Waals surface area contributed by atoms with Crippen molar-refractivity contribution in [3.05, 3.63) is 42.5 Å². The van der Waals surface area contributed by atoms with Gasteiger partial charge in [-0.3, -0.25) is 0 Å². The van der Waals surface area contributed by atoms with Gasteiger partial charge >= 0.3 is 0 Å². The van der Waals surface area contributed by atoms with E-state index in [1.54, 1.807) is 21.3 Å². The molecule has 0 saturated carbocycles. The van der Waals surface area contributed by atoms with E-state index < -0.39 is 0 Å². The maximum absolute atomic E-state index is 5.58. The fourth-order valence-electron chi connectivity index (χ4n) is 2.64. The maximum atomic E-state index is 5.58. The maximum Gasteiger partial charge on any atom is 0.169 e. The molecule has 20 heavy (non-hydrogen) atoms. The molecular formula is C17H16O3. The van der Waals surface area contributed by atoms with Gasteiger partial charge in [-0.15, -0.1) is 0 Å². The molecule has 0 aliphatic heterocycles. The van der Waals surface area contributed by atoms with Crippen LogP contribution in [0.5, 0.6) is 17.2 Å². The van der Waals surface area contributed by atoms with Gasteiger partial charge in [0.05, 0.1) is 21.3 Å². The van der Waals surface area contributed by atoms with Crippen molar-refractivity contribution in [3.63, 3.8) is 0 Å². The molecule has 3 rings (SSSR count). The summed E-state index contributed by atoms with van der Waals surface area (Å²) in [4.78, 5) is 0. The lowest BCUT2D eigenvalue weighted by Crippen LogP contribution is -1.93. The van der Waals surface area contributed by atoms with Gasteiger partial charge in [0.15, 0.2) is 11.5 Å². The van der Waals surface area contributed by atoms with Crippen LogP contribution in [0.4, 0.5) is 0 Å². The van der Waals surface area contributed by atoms with Crippen LogP contribution in [0.15, 0.2) is 42.5 Å². The predicted octanol–water partition coefficient (Wildman–Crippen LogP) is 4.02. The van der Waals surface area contributed by atoms with Gasteiger partial charge < -0.3 is 14.2 Å². The van der Waals surface area contributed by atoms with Gasteiger partial charge in [-0.05, 0) is 22.9 Å². The number of benzene rings is 3. The molecule has 0 fully saturated rings. The second-order valence-corrected chi connectivity index (χ2v) is 4.52. The zero-order chi connectivity index (χ0) is 14.1. The van der Waals surface area contributed by atoms with Crippen LogP contribution in [0.25, 0.3) is 21.5 Å². The Labute approximate surface area is 117 Å². The standard InChI is InChI=1S/C17H16O3/c1-18-13-6-4-5-11-7-8-12-9-10-14(19-2)17(20-3)16(12)15(11)13/h4-10H,1-3H3. The molecule has 0 amide bonds. The van der Waals surface area contributed by atoms with E-state index in [0.29, 0.717) is 0 Å². The summed E-state index contributed by atoms with van der Waals surface area (Å²) >= 11 is 0. The van der Waals surface area contributed by atoms with E-state index in [2.05, 4.69) is 18.2 Å². The lowest BCUT2D eigenvalue weighted by Gasteiger charge is -2.14. The molecule has 102 valence electrons. The van der Waals surface area contributed by atoms with E-state index in [1.807, 2.05) is 24.3 Å². The van der Waals surface area contributed by atoms with Crippen molar-refractivity contribution in [2.24, 2.45) is 0 Å². The van der Waals surface area contributed by atoms with Crippen molar-refractivity contribution in [2.75, 3.05) is 21.3 Å². The lowest BCUT2D eigenvalue weighted by molar-refractivity contribution is 0.358. The first-order valence-electron chi connectivity index (χ1n) is 6.40. The molecular weight excluding hydrogens is 252 g/mol. The molecule has 0 unspecified atom stereocenters. The molecule has 0 atom stereocenters. The highest BCUT2D eigenvalue weighted by molar-refractivity contribution is 6.14. The summed E-state index contributed by atoms with van der Waals surface area (Å²) in [7, 11) is 4.98. The van der Waals surface area contributed by atoms with Crippen molar-refractivity contribution in [1.82, 2.24) is 0 Å². The molecule has 0 N–H and O–H groups in total. The summed E-state index contributed by atoms with van der Waals surface area (Å²) in [5.74, 6) is 2.29. The fraction of sp³-hybridized carbons (Fsp3) is 0.176. The zero-order valence-corrected chi connectivity index (χ0v) is 11.8. The Hall–Kier alpha value is -2.42. The van der Waals surface area contributed by atoms with E-state index >= 15 is 0 Å². The first-order chi connectivity index (χ1) is 9.80.